The van der Waals surface area contributed by atoms with E-state index in [-0.39, 0.29) is 11.7 Å². The van der Waals surface area contributed by atoms with Crippen LogP contribution in [0.3, 0.4) is 0 Å². The summed E-state index contributed by atoms with van der Waals surface area (Å²) in [5.41, 5.74) is 2.11. The Morgan fingerprint density at radius 1 is 0.591 bits per heavy atom. The molecule has 0 heterocycles. The van der Waals surface area contributed by atoms with Gasteiger partial charge in [0.25, 0.3) is 0 Å². The molecule has 0 radical (unpaired) electrons. The normalized spacial score (nSPS) is 9.73. The van der Waals surface area contributed by atoms with E-state index in [1.807, 2.05) is 97.1 Å². The third-order valence-electron chi connectivity index (χ3n) is 3.34. The van der Waals surface area contributed by atoms with Crippen LogP contribution in [0.2, 0.25) is 0 Å². The summed E-state index contributed by atoms with van der Waals surface area (Å²) in [6, 6.07) is 31.8. The van der Waals surface area contributed by atoms with Crippen molar-refractivity contribution in [2.24, 2.45) is 0 Å². The summed E-state index contributed by atoms with van der Waals surface area (Å²) < 4.78 is 0. The van der Waals surface area contributed by atoms with Gasteiger partial charge in [0.15, 0.2) is 0 Å². The van der Waals surface area contributed by atoms with Gasteiger partial charge in [-0.3, -0.25) is 4.79 Å². The standard InChI is InChI=1S/C15H14O.C6H6/c1-12(16)15(13-8-4-2-5-9-13)14-10-6-3-7-11-14;1-2-4-6-5-3-1/h2-11,15H,1H3;1-6H. The van der Waals surface area contributed by atoms with E-state index in [1.54, 1.807) is 6.92 Å². The highest BCUT2D eigenvalue weighted by molar-refractivity contribution is 5.86. The highest BCUT2D eigenvalue weighted by atomic mass is 16.1. The Hall–Kier alpha value is -2.67. The summed E-state index contributed by atoms with van der Waals surface area (Å²) in [7, 11) is 0. The molecule has 3 aromatic rings. The van der Waals surface area contributed by atoms with E-state index in [0.29, 0.717) is 0 Å². The third-order valence-corrected chi connectivity index (χ3v) is 3.34. The number of rotatable bonds is 3. The van der Waals surface area contributed by atoms with Gasteiger partial charge in [-0.05, 0) is 18.1 Å². The van der Waals surface area contributed by atoms with Crippen LogP contribution in [-0.4, -0.2) is 5.78 Å². The average molecular weight is 288 g/mol. The van der Waals surface area contributed by atoms with Crippen LogP contribution in [0.15, 0.2) is 97.1 Å². The minimum Gasteiger partial charge on any atom is -0.299 e. The molecule has 0 aromatic heterocycles. The van der Waals surface area contributed by atoms with Gasteiger partial charge in [-0.1, -0.05) is 97.1 Å². The fraction of sp³-hybridized carbons (Fsp3) is 0.0952. The van der Waals surface area contributed by atoms with Crippen molar-refractivity contribution in [1.29, 1.82) is 0 Å². The molecule has 3 rings (SSSR count). The lowest BCUT2D eigenvalue weighted by molar-refractivity contribution is -0.117. The van der Waals surface area contributed by atoms with Gasteiger partial charge in [0.1, 0.15) is 5.78 Å². The first-order valence-electron chi connectivity index (χ1n) is 7.39. The molecule has 0 N–H and O–H groups in total. The minimum absolute atomic E-state index is 0.137. The Kier molecular flexibility index (Phi) is 6.13. The van der Waals surface area contributed by atoms with Crippen molar-refractivity contribution in [2.75, 3.05) is 0 Å². The first-order valence-corrected chi connectivity index (χ1v) is 7.39. The topological polar surface area (TPSA) is 17.1 Å². The number of carbonyl (C=O) groups is 1. The monoisotopic (exact) mass is 288 g/mol. The van der Waals surface area contributed by atoms with Crippen molar-refractivity contribution in [3.05, 3.63) is 108 Å². The Bertz CT molecular complexity index is 594. The van der Waals surface area contributed by atoms with Gasteiger partial charge in [0.2, 0.25) is 0 Å². The minimum atomic E-state index is -0.137. The van der Waals surface area contributed by atoms with Gasteiger partial charge in [-0.25, -0.2) is 0 Å². The summed E-state index contributed by atoms with van der Waals surface area (Å²) in [5.74, 6) is 0.0415. The highest BCUT2D eigenvalue weighted by Crippen LogP contribution is 2.24. The van der Waals surface area contributed by atoms with E-state index >= 15 is 0 Å². The van der Waals surface area contributed by atoms with E-state index in [0.717, 1.165) is 11.1 Å². The molecule has 110 valence electrons. The smallest absolute Gasteiger partial charge is 0.141 e. The number of carbonyl (C=O) groups excluding carboxylic acids is 1. The molecule has 0 atom stereocenters. The van der Waals surface area contributed by atoms with Crippen LogP contribution >= 0.6 is 0 Å². The molecule has 0 unspecified atom stereocenters. The Labute approximate surface area is 132 Å². The largest absolute Gasteiger partial charge is 0.299 e. The van der Waals surface area contributed by atoms with Crippen LogP contribution in [0.5, 0.6) is 0 Å². The third kappa shape index (κ3) is 4.71. The van der Waals surface area contributed by atoms with Crippen molar-refractivity contribution in [3.8, 4) is 0 Å². The Morgan fingerprint density at radius 3 is 1.14 bits per heavy atom. The zero-order valence-electron chi connectivity index (χ0n) is 12.7. The van der Waals surface area contributed by atoms with Crippen LogP contribution in [0.4, 0.5) is 0 Å². The second-order valence-corrected chi connectivity index (χ2v) is 5.02. The summed E-state index contributed by atoms with van der Waals surface area (Å²) in [6.07, 6.45) is 0. The number of ketones is 1. The number of benzene rings is 3. The molecule has 0 fully saturated rings. The molecule has 1 heteroatoms. The van der Waals surface area contributed by atoms with E-state index in [4.69, 9.17) is 0 Å². The van der Waals surface area contributed by atoms with Crippen LogP contribution in [0.1, 0.15) is 24.0 Å². The summed E-state index contributed by atoms with van der Waals surface area (Å²) in [5, 5.41) is 0. The van der Waals surface area contributed by atoms with Gasteiger partial charge in [0.05, 0.1) is 5.92 Å². The number of hydrogen-bond acceptors (Lipinski definition) is 1. The SMILES string of the molecule is CC(=O)C(c1ccccc1)c1ccccc1.c1ccccc1. The lowest BCUT2D eigenvalue weighted by Crippen LogP contribution is -2.10. The Morgan fingerprint density at radius 2 is 0.864 bits per heavy atom. The fourth-order valence-electron chi connectivity index (χ4n) is 2.34. The second kappa shape index (κ2) is 8.58. The van der Waals surface area contributed by atoms with E-state index in [2.05, 4.69) is 0 Å². The maximum absolute atomic E-state index is 11.7. The zero-order chi connectivity index (χ0) is 15.6. The lowest BCUT2D eigenvalue weighted by atomic mass is 9.88. The molecule has 0 bridgehead atoms. The van der Waals surface area contributed by atoms with Crippen LogP contribution in [-0.2, 0) is 4.79 Å². The molecule has 0 saturated heterocycles. The quantitative estimate of drug-likeness (QED) is 0.655. The van der Waals surface area contributed by atoms with Crippen molar-refractivity contribution in [1.82, 2.24) is 0 Å². The lowest BCUT2D eigenvalue weighted by Gasteiger charge is -2.14. The molecule has 3 aromatic carbocycles. The van der Waals surface area contributed by atoms with Crippen molar-refractivity contribution in [3.63, 3.8) is 0 Å². The van der Waals surface area contributed by atoms with E-state index < -0.39 is 0 Å². The molecule has 0 spiro atoms. The van der Waals surface area contributed by atoms with Gasteiger partial charge in [-0.15, -0.1) is 0 Å². The first-order chi connectivity index (χ1) is 10.8. The summed E-state index contributed by atoms with van der Waals surface area (Å²) in [6.45, 7) is 1.64. The molecule has 0 aliphatic rings. The summed E-state index contributed by atoms with van der Waals surface area (Å²) in [4.78, 5) is 11.7. The molecule has 1 nitrogen and oxygen atoms in total. The van der Waals surface area contributed by atoms with Crippen molar-refractivity contribution < 1.29 is 4.79 Å². The second-order valence-electron chi connectivity index (χ2n) is 5.02. The maximum atomic E-state index is 11.7. The first kappa shape index (κ1) is 15.7. The predicted molar refractivity (Wildman–Crippen MR) is 91.9 cm³/mol. The van der Waals surface area contributed by atoms with Crippen molar-refractivity contribution in [2.45, 2.75) is 12.8 Å². The molecule has 0 saturated carbocycles. The molecular formula is C21H20O. The highest BCUT2D eigenvalue weighted by Gasteiger charge is 2.17. The van der Waals surface area contributed by atoms with Crippen LogP contribution in [0.25, 0.3) is 0 Å². The number of Topliss-reactive ketones (excluding diaryl/α,β-unsaturated/α-hetero) is 1. The molecule has 0 amide bonds. The Balaban J connectivity index is 0.000000246. The molecule has 22 heavy (non-hydrogen) atoms. The predicted octanol–water partition coefficient (Wildman–Crippen LogP) is 5.09. The van der Waals surface area contributed by atoms with E-state index in [9.17, 15) is 4.79 Å². The van der Waals surface area contributed by atoms with Gasteiger partial charge < -0.3 is 0 Å². The zero-order valence-corrected chi connectivity index (χ0v) is 12.7. The summed E-state index contributed by atoms with van der Waals surface area (Å²) >= 11 is 0. The molecule has 0 aliphatic heterocycles. The maximum Gasteiger partial charge on any atom is 0.141 e. The molecule has 0 aliphatic carbocycles. The van der Waals surface area contributed by atoms with Gasteiger partial charge in [0, 0.05) is 0 Å². The van der Waals surface area contributed by atoms with Crippen LogP contribution < -0.4 is 0 Å². The van der Waals surface area contributed by atoms with Gasteiger partial charge in [-0.2, -0.15) is 0 Å². The molecular weight excluding hydrogens is 268 g/mol. The fourth-order valence-corrected chi connectivity index (χ4v) is 2.34. The van der Waals surface area contributed by atoms with Gasteiger partial charge >= 0.3 is 0 Å². The average Bonchev–Trinajstić information content (AvgIpc) is 2.59. The van der Waals surface area contributed by atoms with E-state index in [1.165, 1.54) is 0 Å². The van der Waals surface area contributed by atoms with Crippen molar-refractivity contribution >= 4 is 5.78 Å². The number of hydrogen-bond donors (Lipinski definition) is 0. The van der Waals surface area contributed by atoms with Crippen LogP contribution in [0, 0.1) is 0 Å².